The molecular weight excluding hydrogens is 266 g/mol. The summed E-state index contributed by atoms with van der Waals surface area (Å²) in [4.78, 5) is 8.21. The highest BCUT2D eigenvalue weighted by Gasteiger charge is 2.12. The van der Waals surface area contributed by atoms with Gasteiger partial charge >= 0.3 is 0 Å². The van der Waals surface area contributed by atoms with E-state index in [2.05, 4.69) is 49.2 Å². The molecule has 0 atom stereocenters. The van der Waals surface area contributed by atoms with Gasteiger partial charge in [-0.2, -0.15) is 0 Å². The summed E-state index contributed by atoms with van der Waals surface area (Å²) in [6.07, 6.45) is 3.18. The highest BCUT2D eigenvalue weighted by atomic mass is 32.1. The fourth-order valence-corrected chi connectivity index (χ4v) is 3.13. The van der Waals surface area contributed by atoms with E-state index in [1.54, 1.807) is 11.3 Å². The molecule has 0 fully saturated rings. The van der Waals surface area contributed by atoms with Crippen molar-refractivity contribution in [1.29, 1.82) is 0 Å². The van der Waals surface area contributed by atoms with Gasteiger partial charge in [0, 0.05) is 25.0 Å². The van der Waals surface area contributed by atoms with Crippen LogP contribution >= 0.6 is 11.3 Å². The summed E-state index contributed by atoms with van der Waals surface area (Å²) < 4.78 is 0. The van der Waals surface area contributed by atoms with Gasteiger partial charge in [0.1, 0.15) is 0 Å². The second kappa shape index (κ2) is 7.41. The second-order valence-electron chi connectivity index (χ2n) is 4.98. The largest absolute Gasteiger partial charge is 0.351 e. The van der Waals surface area contributed by atoms with Gasteiger partial charge < -0.3 is 10.6 Å². The van der Waals surface area contributed by atoms with Crippen LogP contribution in [-0.4, -0.2) is 18.6 Å². The molecule has 4 heteroatoms. The molecule has 108 valence electrons. The van der Waals surface area contributed by atoms with Gasteiger partial charge in [0.2, 0.25) is 0 Å². The molecule has 0 spiro atoms. The molecule has 0 aliphatic carbocycles. The van der Waals surface area contributed by atoms with Crippen molar-refractivity contribution in [2.24, 2.45) is 5.73 Å². The topological polar surface area (TPSA) is 42.2 Å². The number of hydrogen-bond acceptors (Lipinski definition) is 4. The lowest BCUT2D eigenvalue weighted by Gasteiger charge is -2.15. The van der Waals surface area contributed by atoms with Crippen molar-refractivity contribution in [2.75, 3.05) is 18.5 Å². The number of rotatable bonds is 7. The molecule has 3 nitrogen and oxygen atoms in total. The molecule has 0 saturated carbocycles. The van der Waals surface area contributed by atoms with Gasteiger partial charge in [-0.25, -0.2) is 4.98 Å². The first-order chi connectivity index (χ1) is 9.74. The van der Waals surface area contributed by atoms with Gasteiger partial charge in [0.05, 0.1) is 5.69 Å². The number of thiazole rings is 1. The van der Waals surface area contributed by atoms with E-state index in [1.165, 1.54) is 16.1 Å². The summed E-state index contributed by atoms with van der Waals surface area (Å²) in [6.45, 7) is 3.76. The maximum Gasteiger partial charge on any atom is 0.185 e. The molecule has 2 aromatic rings. The molecule has 1 aromatic heterocycles. The summed E-state index contributed by atoms with van der Waals surface area (Å²) in [6, 6.07) is 10.6. The van der Waals surface area contributed by atoms with Gasteiger partial charge in [0.25, 0.3) is 0 Å². The zero-order valence-corrected chi connectivity index (χ0v) is 13.1. The minimum atomic E-state index is 0.597. The quantitative estimate of drug-likeness (QED) is 0.851. The lowest BCUT2D eigenvalue weighted by atomic mass is 10.1. The van der Waals surface area contributed by atoms with E-state index < -0.39 is 0 Å². The van der Waals surface area contributed by atoms with Crippen LogP contribution in [0.2, 0.25) is 0 Å². The third kappa shape index (κ3) is 3.81. The van der Waals surface area contributed by atoms with Crippen LogP contribution in [-0.2, 0) is 19.4 Å². The van der Waals surface area contributed by atoms with E-state index in [-0.39, 0.29) is 0 Å². The highest BCUT2D eigenvalue weighted by Crippen LogP contribution is 2.26. The predicted molar refractivity (Wildman–Crippen MR) is 87.4 cm³/mol. The number of nitrogens with two attached hydrogens (primary N) is 1. The molecule has 0 radical (unpaired) electrons. The van der Waals surface area contributed by atoms with Crippen LogP contribution < -0.4 is 10.6 Å². The van der Waals surface area contributed by atoms with E-state index in [1.807, 2.05) is 0 Å². The Morgan fingerprint density at radius 2 is 1.95 bits per heavy atom. The minimum absolute atomic E-state index is 0.597. The van der Waals surface area contributed by atoms with E-state index in [0.29, 0.717) is 6.54 Å². The molecular formula is C16H23N3S. The molecule has 1 heterocycles. The van der Waals surface area contributed by atoms with E-state index in [4.69, 9.17) is 10.7 Å². The Bertz CT molecular complexity index is 522. The fraction of sp³-hybridized carbons (Fsp3) is 0.438. The number of likely N-dealkylation sites (N-methyl/N-ethyl adjacent to an activating group) is 1. The highest BCUT2D eigenvalue weighted by molar-refractivity contribution is 7.15. The van der Waals surface area contributed by atoms with Crippen molar-refractivity contribution in [3.05, 3.63) is 46.5 Å². The fourth-order valence-electron chi connectivity index (χ4n) is 2.16. The average molecular weight is 289 g/mol. The second-order valence-corrected chi connectivity index (χ2v) is 6.04. The molecule has 0 unspecified atom stereocenters. The van der Waals surface area contributed by atoms with Gasteiger partial charge in [-0.15, -0.1) is 11.3 Å². The van der Waals surface area contributed by atoms with Crippen LogP contribution in [0.25, 0.3) is 0 Å². The predicted octanol–water partition coefficient (Wildman–Crippen LogP) is 3.23. The van der Waals surface area contributed by atoms with Crippen LogP contribution in [0.15, 0.2) is 30.3 Å². The first kappa shape index (κ1) is 15.0. The first-order valence-corrected chi connectivity index (χ1v) is 8.00. The molecule has 2 N–H and O–H groups in total. The number of aromatic nitrogens is 1. The third-order valence-corrected chi connectivity index (χ3v) is 4.58. The number of benzene rings is 1. The normalized spacial score (nSPS) is 10.8. The van der Waals surface area contributed by atoms with Crippen LogP contribution in [0.1, 0.15) is 29.5 Å². The van der Waals surface area contributed by atoms with Gasteiger partial charge in [0.15, 0.2) is 5.13 Å². The zero-order chi connectivity index (χ0) is 14.4. The Labute approximate surface area is 125 Å². The minimum Gasteiger partial charge on any atom is -0.351 e. The van der Waals surface area contributed by atoms with Crippen molar-refractivity contribution < 1.29 is 0 Å². The summed E-state index contributed by atoms with van der Waals surface area (Å²) in [5.74, 6) is 0. The zero-order valence-electron chi connectivity index (χ0n) is 12.3. The van der Waals surface area contributed by atoms with Crippen LogP contribution in [0.4, 0.5) is 5.13 Å². The third-order valence-electron chi connectivity index (χ3n) is 3.34. The standard InChI is InChI=1S/C16H23N3S/c1-3-7-14-15(12-17)20-16(18-14)19(2)11-10-13-8-5-4-6-9-13/h4-6,8-9H,3,7,10-12,17H2,1-2H3. The summed E-state index contributed by atoms with van der Waals surface area (Å²) >= 11 is 1.73. The molecule has 1 aromatic carbocycles. The molecule has 0 aliphatic rings. The maximum atomic E-state index is 5.81. The Morgan fingerprint density at radius 1 is 1.20 bits per heavy atom. The van der Waals surface area contributed by atoms with Crippen molar-refractivity contribution in [3.8, 4) is 0 Å². The van der Waals surface area contributed by atoms with E-state index in [9.17, 15) is 0 Å². The Kier molecular flexibility index (Phi) is 5.56. The average Bonchev–Trinajstić information content (AvgIpc) is 2.89. The van der Waals surface area contributed by atoms with Crippen molar-refractivity contribution in [1.82, 2.24) is 4.98 Å². The molecule has 2 rings (SSSR count). The van der Waals surface area contributed by atoms with Gasteiger partial charge in [-0.1, -0.05) is 43.7 Å². The van der Waals surface area contributed by atoms with Gasteiger partial charge in [-0.05, 0) is 18.4 Å². The Hall–Kier alpha value is -1.39. The molecule has 20 heavy (non-hydrogen) atoms. The Morgan fingerprint density at radius 3 is 2.60 bits per heavy atom. The summed E-state index contributed by atoms with van der Waals surface area (Å²) in [5.41, 5.74) is 8.36. The lowest BCUT2D eigenvalue weighted by molar-refractivity contribution is 0.843. The molecule has 0 aliphatic heterocycles. The van der Waals surface area contributed by atoms with E-state index in [0.717, 1.165) is 30.9 Å². The number of aryl methyl sites for hydroxylation is 1. The van der Waals surface area contributed by atoms with E-state index >= 15 is 0 Å². The van der Waals surface area contributed by atoms with Crippen LogP contribution in [0, 0.1) is 0 Å². The van der Waals surface area contributed by atoms with Crippen molar-refractivity contribution in [3.63, 3.8) is 0 Å². The monoisotopic (exact) mass is 289 g/mol. The SMILES string of the molecule is CCCc1nc(N(C)CCc2ccccc2)sc1CN. The molecule has 0 amide bonds. The summed E-state index contributed by atoms with van der Waals surface area (Å²) in [7, 11) is 2.11. The Balaban J connectivity index is 2.00. The maximum absolute atomic E-state index is 5.81. The van der Waals surface area contributed by atoms with Gasteiger partial charge in [-0.3, -0.25) is 0 Å². The molecule has 0 bridgehead atoms. The van der Waals surface area contributed by atoms with Crippen molar-refractivity contribution in [2.45, 2.75) is 32.7 Å². The molecule has 0 saturated heterocycles. The lowest BCUT2D eigenvalue weighted by Crippen LogP contribution is -2.20. The summed E-state index contributed by atoms with van der Waals surface area (Å²) in [5, 5.41) is 1.09. The van der Waals surface area contributed by atoms with Crippen LogP contribution in [0.3, 0.4) is 0 Å². The first-order valence-electron chi connectivity index (χ1n) is 7.18. The number of anilines is 1. The number of hydrogen-bond donors (Lipinski definition) is 1. The smallest absolute Gasteiger partial charge is 0.185 e. The number of nitrogens with zero attached hydrogens (tertiary/aromatic N) is 2. The van der Waals surface area contributed by atoms with Crippen LogP contribution in [0.5, 0.6) is 0 Å². The van der Waals surface area contributed by atoms with Crippen molar-refractivity contribution >= 4 is 16.5 Å².